The minimum atomic E-state index is -0.112. The number of hydrogen-bond acceptors (Lipinski definition) is 5. The van der Waals surface area contributed by atoms with E-state index in [9.17, 15) is 4.79 Å². The van der Waals surface area contributed by atoms with E-state index >= 15 is 0 Å². The lowest BCUT2D eigenvalue weighted by Crippen LogP contribution is -2.53. The number of methoxy groups -OCH3 is 1. The van der Waals surface area contributed by atoms with E-state index in [0.717, 1.165) is 31.6 Å². The van der Waals surface area contributed by atoms with Crippen LogP contribution in [0.5, 0.6) is 0 Å². The van der Waals surface area contributed by atoms with E-state index in [4.69, 9.17) is 4.74 Å². The highest BCUT2D eigenvalue weighted by Crippen LogP contribution is 2.18. The highest BCUT2D eigenvalue weighted by atomic mass is 32.1. The van der Waals surface area contributed by atoms with Crippen molar-refractivity contribution in [1.82, 2.24) is 9.88 Å². The fourth-order valence-electron chi connectivity index (χ4n) is 1.73. The molecule has 1 atom stereocenters. The van der Waals surface area contributed by atoms with Crippen LogP contribution in [0.25, 0.3) is 0 Å². The highest BCUT2D eigenvalue weighted by Gasteiger charge is 2.34. The number of likely N-dealkylation sites (tertiary alicyclic amines) is 1. The molecule has 82 valence electrons. The molecule has 0 aliphatic carbocycles. The Hall–Kier alpha value is -0.940. The summed E-state index contributed by atoms with van der Waals surface area (Å²) in [6.07, 6.45) is 1.83. The van der Waals surface area contributed by atoms with Crippen LogP contribution in [0.1, 0.15) is 12.1 Å². The molecule has 15 heavy (non-hydrogen) atoms. The molecule has 0 aromatic carbocycles. The maximum Gasteiger partial charge on any atom is 0.323 e. The molecule has 1 unspecified atom stereocenters. The van der Waals surface area contributed by atoms with Gasteiger partial charge in [-0.3, -0.25) is 9.69 Å². The fraction of sp³-hybridized carbons (Fsp3) is 0.600. The topological polar surface area (TPSA) is 42.4 Å². The van der Waals surface area contributed by atoms with Crippen molar-refractivity contribution in [3.05, 3.63) is 16.6 Å². The molecule has 1 saturated heterocycles. The number of nitrogens with zero attached hydrogens (tertiary/aromatic N) is 2. The number of thiazole rings is 1. The normalized spacial score (nSPS) is 21.0. The van der Waals surface area contributed by atoms with E-state index in [1.165, 1.54) is 7.11 Å². The van der Waals surface area contributed by atoms with Gasteiger partial charge in [0.15, 0.2) is 0 Å². The van der Waals surface area contributed by atoms with Gasteiger partial charge >= 0.3 is 5.97 Å². The van der Waals surface area contributed by atoms with Gasteiger partial charge in [-0.05, 0) is 6.42 Å². The highest BCUT2D eigenvalue weighted by molar-refractivity contribution is 7.07. The van der Waals surface area contributed by atoms with Gasteiger partial charge in [0.1, 0.15) is 6.04 Å². The second kappa shape index (κ2) is 4.72. The second-order valence-electron chi connectivity index (χ2n) is 3.59. The Morgan fingerprint density at radius 2 is 2.67 bits per heavy atom. The van der Waals surface area contributed by atoms with E-state index < -0.39 is 0 Å². The summed E-state index contributed by atoms with van der Waals surface area (Å²) in [6.45, 7) is 1.88. The average Bonchev–Trinajstić information content (AvgIpc) is 2.69. The summed E-state index contributed by atoms with van der Waals surface area (Å²) in [4.78, 5) is 17.6. The summed E-state index contributed by atoms with van der Waals surface area (Å²) in [5.41, 5.74) is 2.94. The van der Waals surface area contributed by atoms with E-state index in [1.807, 2.05) is 10.9 Å². The number of aromatic nitrogens is 1. The third-order valence-corrected chi connectivity index (χ3v) is 3.38. The first-order valence-corrected chi connectivity index (χ1v) is 5.94. The fourth-order valence-corrected chi connectivity index (χ4v) is 2.32. The minimum Gasteiger partial charge on any atom is -0.468 e. The number of esters is 1. The van der Waals surface area contributed by atoms with E-state index in [2.05, 4.69) is 9.88 Å². The molecule has 1 aromatic heterocycles. The van der Waals surface area contributed by atoms with Crippen LogP contribution in [0, 0.1) is 0 Å². The van der Waals surface area contributed by atoms with Gasteiger partial charge < -0.3 is 4.74 Å². The molecule has 1 fully saturated rings. The van der Waals surface area contributed by atoms with Crippen LogP contribution in [0.2, 0.25) is 0 Å². The van der Waals surface area contributed by atoms with Crippen LogP contribution in [-0.4, -0.2) is 42.1 Å². The molecule has 0 spiro atoms. The van der Waals surface area contributed by atoms with Crippen molar-refractivity contribution in [1.29, 1.82) is 0 Å². The molecule has 0 bridgehead atoms. The number of hydrogen-bond donors (Lipinski definition) is 0. The number of carbonyl (C=O) groups excluding carboxylic acids is 1. The lowest BCUT2D eigenvalue weighted by atomic mass is 10.0. The maximum atomic E-state index is 11.3. The van der Waals surface area contributed by atoms with Gasteiger partial charge in [-0.15, -0.1) is 11.3 Å². The largest absolute Gasteiger partial charge is 0.468 e. The lowest BCUT2D eigenvalue weighted by Gasteiger charge is -2.38. The Labute approximate surface area is 92.9 Å². The first-order valence-electron chi connectivity index (χ1n) is 5.00. The van der Waals surface area contributed by atoms with Gasteiger partial charge in [0.25, 0.3) is 0 Å². The van der Waals surface area contributed by atoms with Crippen LogP contribution in [0.3, 0.4) is 0 Å². The minimum absolute atomic E-state index is 0.0198. The lowest BCUT2D eigenvalue weighted by molar-refractivity contribution is -0.151. The van der Waals surface area contributed by atoms with Crippen LogP contribution in [-0.2, 0) is 16.0 Å². The standard InChI is InChI=1S/C10H14N2O2S/c1-14-10(13)9-3-5-12(9)4-2-8-6-15-7-11-8/h6-7,9H,2-5H2,1H3. The Bertz CT molecular complexity index is 326. The van der Waals surface area contributed by atoms with Gasteiger partial charge in [0.2, 0.25) is 0 Å². The molecule has 1 aromatic rings. The second-order valence-corrected chi connectivity index (χ2v) is 4.31. The third-order valence-electron chi connectivity index (χ3n) is 2.74. The zero-order valence-electron chi connectivity index (χ0n) is 8.68. The van der Waals surface area contributed by atoms with Gasteiger partial charge in [-0.25, -0.2) is 4.98 Å². The number of carbonyl (C=O) groups is 1. The smallest absolute Gasteiger partial charge is 0.323 e. The molecular formula is C10H14N2O2S. The van der Waals surface area contributed by atoms with Crippen molar-refractivity contribution < 1.29 is 9.53 Å². The molecule has 0 radical (unpaired) electrons. The van der Waals surface area contributed by atoms with Crippen LogP contribution in [0.15, 0.2) is 10.9 Å². The molecule has 0 saturated carbocycles. The summed E-state index contributed by atoms with van der Waals surface area (Å²) >= 11 is 1.61. The molecule has 2 heterocycles. The molecule has 0 N–H and O–H groups in total. The Balaban J connectivity index is 1.78. The predicted octanol–water partition coefficient (Wildman–Crippen LogP) is 0.933. The quantitative estimate of drug-likeness (QED) is 0.716. The molecule has 4 nitrogen and oxygen atoms in total. The van der Waals surface area contributed by atoms with Crippen molar-refractivity contribution in [3.63, 3.8) is 0 Å². The van der Waals surface area contributed by atoms with Crippen LogP contribution >= 0.6 is 11.3 Å². The molecule has 2 rings (SSSR count). The van der Waals surface area contributed by atoms with E-state index in [-0.39, 0.29) is 12.0 Å². The van der Waals surface area contributed by atoms with Crippen molar-refractivity contribution in [2.24, 2.45) is 0 Å². The average molecular weight is 226 g/mol. The summed E-state index contributed by atoms with van der Waals surface area (Å²) < 4.78 is 4.73. The molecule has 1 aliphatic rings. The van der Waals surface area contributed by atoms with Crippen molar-refractivity contribution in [2.45, 2.75) is 18.9 Å². The predicted molar refractivity (Wildman–Crippen MR) is 57.8 cm³/mol. The SMILES string of the molecule is COC(=O)C1CCN1CCc1cscn1. The number of rotatable bonds is 4. The summed E-state index contributed by atoms with van der Waals surface area (Å²) in [5.74, 6) is -0.112. The summed E-state index contributed by atoms with van der Waals surface area (Å²) in [5, 5.41) is 2.05. The van der Waals surface area contributed by atoms with Crippen LogP contribution in [0.4, 0.5) is 0 Å². The summed E-state index contributed by atoms with van der Waals surface area (Å²) in [7, 11) is 1.44. The van der Waals surface area contributed by atoms with E-state index in [1.54, 1.807) is 11.3 Å². The zero-order valence-corrected chi connectivity index (χ0v) is 9.50. The Morgan fingerprint density at radius 3 is 3.20 bits per heavy atom. The van der Waals surface area contributed by atoms with Gasteiger partial charge in [-0.2, -0.15) is 0 Å². The van der Waals surface area contributed by atoms with Gasteiger partial charge in [0.05, 0.1) is 18.3 Å². The first-order chi connectivity index (χ1) is 7.31. The monoisotopic (exact) mass is 226 g/mol. The third kappa shape index (κ3) is 2.35. The van der Waals surface area contributed by atoms with E-state index in [0.29, 0.717) is 0 Å². The zero-order chi connectivity index (χ0) is 10.7. The summed E-state index contributed by atoms with van der Waals surface area (Å²) in [6, 6.07) is -0.0198. The van der Waals surface area contributed by atoms with Crippen molar-refractivity contribution >= 4 is 17.3 Å². The molecule has 1 aliphatic heterocycles. The molecule has 0 amide bonds. The first kappa shape index (κ1) is 10.6. The Morgan fingerprint density at radius 1 is 1.80 bits per heavy atom. The van der Waals surface area contributed by atoms with Crippen molar-refractivity contribution in [2.75, 3.05) is 20.2 Å². The van der Waals surface area contributed by atoms with Crippen LogP contribution < -0.4 is 0 Å². The Kier molecular flexibility index (Phi) is 3.33. The molecule has 5 heteroatoms. The molecular weight excluding hydrogens is 212 g/mol. The maximum absolute atomic E-state index is 11.3. The van der Waals surface area contributed by atoms with Gasteiger partial charge in [0, 0.05) is 24.9 Å². The van der Waals surface area contributed by atoms with Gasteiger partial charge in [-0.1, -0.05) is 0 Å². The number of ether oxygens (including phenoxy) is 1. The van der Waals surface area contributed by atoms with Crippen molar-refractivity contribution in [3.8, 4) is 0 Å².